The second kappa shape index (κ2) is 4.64. The van der Waals surface area contributed by atoms with E-state index in [0.717, 1.165) is 31.8 Å². The lowest BCUT2D eigenvalue weighted by molar-refractivity contribution is 0.326. The minimum absolute atomic E-state index is 0.357. The zero-order valence-electron chi connectivity index (χ0n) is 9.15. The maximum Gasteiger partial charge on any atom is 0.119 e. The van der Waals surface area contributed by atoms with Crippen molar-refractivity contribution < 1.29 is 4.74 Å². The fraction of sp³-hybridized carbons (Fsp3) is 0.500. The molecule has 15 heavy (non-hydrogen) atoms. The van der Waals surface area contributed by atoms with Crippen LogP contribution in [0.5, 0.6) is 5.75 Å². The predicted octanol–water partition coefficient (Wildman–Crippen LogP) is 1.23. The van der Waals surface area contributed by atoms with Crippen LogP contribution >= 0.6 is 0 Å². The number of nitrogens with zero attached hydrogens (tertiary/aromatic N) is 1. The number of ether oxygens (including phenoxy) is 1. The first kappa shape index (κ1) is 10.5. The topological polar surface area (TPSA) is 38.5 Å². The van der Waals surface area contributed by atoms with Gasteiger partial charge in [-0.15, -0.1) is 0 Å². The molecule has 1 fully saturated rings. The van der Waals surface area contributed by atoms with Crippen molar-refractivity contribution in [3.63, 3.8) is 0 Å². The monoisotopic (exact) mass is 206 g/mol. The second-order valence-corrected chi connectivity index (χ2v) is 4.14. The van der Waals surface area contributed by atoms with E-state index in [2.05, 4.69) is 17.0 Å². The van der Waals surface area contributed by atoms with Crippen LogP contribution < -0.4 is 10.5 Å². The van der Waals surface area contributed by atoms with Gasteiger partial charge >= 0.3 is 0 Å². The van der Waals surface area contributed by atoms with E-state index in [1.807, 2.05) is 12.1 Å². The summed E-state index contributed by atoms with van der Waals surface area (Å²) in [6.45, 7) is 3.10. The van der Waals surface area contributed by atoms with E-state index < -0.39 is 0 Å². The van der Waals surface area contributed by atoms with E-state index in [0.29, 0.717) is 6.04 Å². The van der Waals surface area contributed by atoms with Gasteiger partial charge in [-0.1, -0.05) is 12.1 Å². The lowest BCUT2D eigenvalue weighted by Crippen LogP contribution is -2.26. The molecule has 0 bridgehead atoms. The highest BCUT2D eigenvalue weighted by atomic mass is 16.5. The standard InChI is InChI=1S/C12H18N2O/c1-15-12-4-2-3-10(7-12)8-14-6-5-11(13)9-14/h2-4,7,11H,5-6,8-9,13H2,1H3/t11-/m1/s1. The van der Waals surface area contributed by atoms with Crippen LogP contribution in [0, 0.1) is 0 Å². The molecule has 1 heterocycles. The molecule has 1 saturated heterocycles. The first-order chi connectivity index (χ1) is 7.28. The van der Waals surface area contributed by atoms with Gasteiger partial charge in [0.05, 0.1) is 7.11 Å². The molecule has 1 aliphatic heterocycles. The van der Waals surface area contributed by atoms with Gasteiger partial charge in [0, 0.05) is 25.7 Å². The summed E-state index contributed by atoms with van der Waals surface area (Å²) in [5, 5.41) is 0. The van der Waals surface area contributed by atoms with Gasteiger partial charge in [-0.3, -0.25) is 4.90 Å². The van der Waals surface area contributed by atoms with Crippen molar-refractivity contribution in [2.75, 3.05) is 20.2 Å². The Morgan fingerprint density at radius 1 is 1.53 bits per heavy atom. The highest BCUT2D eigenvalue weighted by Gasteiger charge is 2.18. The summed E-state index contributed by atoms with van der Waals surface area (Å²) in [4.78, 5) is 2.39. The first-order valence-electron chi connectivity index (χ1n) is 5.39. The van der Waals surface area contributed by atoms with Crippen LogP contribution in [0.1, 0.15) is 12.0 Å². The van der Waals surface area contributed by atoms with Gasteiger partial charge in [-0.2, -0.15) is 0 Å². The molecule has 2 rings (SSSR count). The van der Waals surface area contributed by atoms with Crippen molar-refractivity contribution in [2.45, 2.75) is 19.0 Å². The van der Waals surface area contributed by atoms with Gasteiger partial charge in [-0.05, 0) is 24.1 Å². The molecule has 3 heteroatoms. The molecule has 0 unspecified atom stereocenters. The van der Waals surface area contributed by atoms with Crippen LogP contribution in [0.15, 0.2) is 24.3 Å². The van der Waals surface area contributed by atoms with Crippen molar-refractivity contribution in [1.82, 2.24) is 4.90 Å². The Morgan fingerprint density at radius 2 is 2.40 bits per heavy atom. The third-order valence-corrected chi connectivity index (χ3v) is 2.85. The van der Waals surface area contributed by atoms with Gasteiger partial charge in [0.1, 0.15) is 5.75 Å². The Balaban J connectivity index is 1.98. The highest BCUT2D eigenvalue weighted by Crippen LogP contribution is 2.16. The smallest absolute Gasteiger partial charge is 0.119 e. The molecule has 1 aliphatic rings. The summed E-state index contributed by atoms with van der Waals surface area (Å²) < 4.78 is 5.20. The van der Waals surface area contributed by atoms with Crippen LogP contribution in [0.2, 0.25) is 0 Å². The lowest BCUT2D eigenvalue weighted by atomic mass is 10.2. The van der Waals surface area contributed by atoms with Gasteiger partial charge in [-0.25, -0.2) is 0 Å². The summed E-state index contributed by atoms with van der Waals surface area (Å²) in [5.41, 5.74) is 7.16. The largest absolute Gasteiger partial charge is 0.497 e. The molecule has 1 aromatic rings. The SMILES string of the molecule is COc1cccc(CN2CC[C@@H](N)C2)c1. The summed E-state index contributed by atoms with van der Waals surface area (Å²) in [6.07, 6.45) is 1.12. The summed E-state index contributed by atoms with van der Waals surface area (Å²) >= 11 is 0. The van der Waals surface area contributed by atoms with Crippen molar-refractivity contribution in [2.24, 2.45) is 5.73 Å². The van der Waals surface area contributed by atoms with E-state index in [1.165, 1.54) is 5.56 Å². The van der Waals surface area contributed by atoms with Crippen LogP contribution in [0.25, 0.3) is 0 Å². The van der Waals surface area contributed by atoms with E-state index >= 15 is 0 Å². The molecule has 3 nitrogen and oxygen atoms in total. The van der Waals surface area contributed by atoms with Crippen LogP contribution in [-0.4, -0.2) is 31.1 Å². The Labute approximate surface area is 90.8 Å². The molecular formula is C12H18N2O. The molecule has 82 valence electrons. The molecule has 2 N–H and O–H groups in total. The second-order valence-electron chi connectivity index (χ2n) is 4.14. The molecule has 0 amide bonds. The molecule has 1 atom stereocenters. The highest BCUT2D eigenvalue weighted by molar-refractivity contribution is 5.28. The Bertz CT molecular complexity index is 327. The van der Waals surface area contributed by atoms with Crippen molar-refractivity contribution in [1.29, 1.82) is 0 Å². The van der Waals surface area contributed by atoms with Crippen molar-refractivity contribution in [3.8, 4) is 5.75 Å². The quantitative estimate of drug-likeness (QED) is 0.808. The summed E-state index contributed by atoms with van der Waals surface area (Å²) in [6, 6.07) is 8.58. The number of nitrogens with two attached hydrogens (primary N) is 1. The first-order valence-corrected chi connectivity index (χ1v) is 5.39. The van der Waals surface area contributed by atoms with Gasteiger partial charge in [0.25, 0.3) is 0 Å². The third-order valence-electron chi connectivity index (χ3n) is 2.85. The van der Waals surface area contributed by atoms with Crippen molar-refractivity contribution in [3.05, 3.63) is 29.8 Å². The summed E-state index contributed by atoms with van der Waals surface area (Å²) in [5.74, 6) is 0.927. The third kappa shape index (κ3) is 2.70. The van der Waals surface area contributed by atoms with Crippen LogP contribution in [0.3, 0.4) is 0 Å². The molecule has 0 radical (unpaired) electrons. The van der Waals surface area contributed by atoms with E-state index in [9.17, 15) is 0 Å². The minimum Gasteiger partial charge on any atom is -0.497 e. The Morgan fingerprint density at radius 3 is 3.07 bits per heavy atom. The molecule has 1 aromatic carbocycles. The number of likely N-dealkylation sites (tertiary alicyclic amines) is 1. The molecular weight excluding hydrogens is 188 g/mol. The zero-order valence-corrected chi connectivity index (χ0v) is 9.15. The zero-order chi connectivity index (χ0) is 10.7. The average Bonchev–Trinajstić information content (AvgIpc) is 2.64. The maximum atomic E-state index is 5.87. The van der Waals surface area contributed by atoms with Crippen LogP contribution in [-0.2, 0) is 6.54 Å². The van der Waals surface area contributed by atoms with E-state index in [-0.39, 0.29) is 0 Å². The lowest BCUT2D eigenvalue weighted by Gasteiger charge is -2.15. The van der Waals surface area contributed by atoms with Gasteiger partial charge in [0.15, 0.2) is 0 Å². The number of hydrogen-bond acceptors (Lipinski definition) is 3. The molecule has 0 aromatic heterocycles. The fourth-order valence-electron chi connectivity index (χ4n) is 2.04. The summed E-state index contributed by atoms with van der Waals surface area (Å²) in [7, 11) is 1.70. The predicted molar refractivity (Wildman–Crippen MR) is 60.9 cm³/mol. The molecule has 0 spiro atoms. The minimum atomic E-state index is 0.357. The number of methoxy groups -OCH3 is 1. The van der Waals surface area contributed by atoms with Crippen LogP contribution in [0.4, 0.5) is 0 Å². The van der Waals surface area contributed by atoms with Gasteiger partial charge in [0.2, 0.25) is 0 Å². The number of hydrogen-bond donors (Lipinski definition) is 1. The molecule has 0 saturated carbocycles. The normalized spacial score (nSPS) is 21.9. The Hall–Kier alpha value is -1.06. The van der Waals surface area contributed by atoms with E-state index in [4.69, 9.17) is 10.5 Å². The fourth-order valence-corrected chi connectivity index (χ4v) is 2.04. The van der Waals surface area contributed by atoms with E-state index in [1.54, 1.807) is 7.11 Å². The van der Waals surface area contributed by atoms with Gasteiger partial charge < -0.3 is 10.5 Å². The molecule has 0 aliphatic carbocycles. The Kier molecular flexibility index (Phi) is 3.23. The average molecular weight is 206 g/mol. The number of rotatable bonds is 3. The van der Waals surface area contributed by atoms with Crippen molar-refractivity contribution >= 4 is 0 Å². The number of benzene rings is 1. The maximum absolute atomic E-state index is 5.87.